The predicted molar refractivity (Wildman–Crippen MR) is 83.6 cm³/mol. The van der Waals surface area contributed by atoms with Crippen molar-refractivity contribution in [3.8, 4) is 5.69 Å². The smallest absolute Gasteiger partial charge is 0.204 e. The van der Waals surface area contributed by atoms with Gasteiger partial charge in [-0.15, -0.1) is 0 Å². The molecule has 1 aromatic heterocycles. The first-order chi connectivity index (χ1) is 10.6. The molecule has 1 saturated carbocycles. The number of halogens is 1. The summed E-state index contributed by atoms with van der Waals surface area (Å²) in [4.78, 5) is 12.1. The number of hydrogen-bond acceptors (Lipinski definition) is 3. The number of nitrogens with one attached hydrogen (secondary N) is 1. The summed E-state index contributed by atoms with van der Waals surface area (Å²) in [5, 5.41) is 7.86. The van der Waals surface area contributed by atoms with Crippen LogP contribution in [-0.4, -0.2) is 15.8 Å². The van der Waals surface area contributed by atoms with Crippen molar-refractivity contribution in [3.63, 3.8) is 0 Å². The molecule has 0 saturated heterocycles. The van der Waals surface area contributed by atoms with Crippen LogP contribution >= 0.6 is 0 Å². The van der Waals surface area contributed by atoms with E-state index in [0.717, 1.165) is 24.2 Å². The highest BCUT2D eigenvalue weighted by Gasteiger charge is 2.15. The van der Waals surface area contributed by atoms with Gasteiger partial charge in [-0.3, -0.25) is 4.79 Å². The highest BCUT2D eigenvalue weighted by molar-refractivity contribution is 5.32. The summed E-state index contributed by atoms with van der Waals surface area (Å²) < 4.78 is 14.7. The topological polar surface area (TPSA) is 46.9 Å². The second-order valence-electron chi connectivity index (χ2n) is 5.85. The maximum Gasteiger partial charge on any atom is 0.204 e. The lowest BCUT2D eigenvalue weighted by Gasteiger charge is -2.14. The molecule has 1 heterocycles. The van der Waals surface area contributed by atoms with Crippen molar-refractivity contribution < 1.29 is 4.39 Å². The highest BCUT2D eigenvalue weighted by atomic mass is 19.1. The molecular formula is C17H20FN3O. The van der Waals surface area contributed by atoms with Crippen molar-refractivity contribution in [2.45, 2.75) is 45.2 Å². The molecule has 4 nitrogen and oxygen atoms in total. The Kier molecular flexibility index (Phi) is 4.34. The number of hydrogen-bond donors (Lipinski definition) is 1. The third-order valence-electron chi connectivity index (χ3n) is 4.16. The molecule has 1 fully saturated rings. The van der Waals surface area contributed by atoms with Crippen molar-refractivity contribution >= 4 is 0 Å². The van der Waals surface area contributed by atoms with E-state index in [-0.39, 0.29) is 11.2 Å². The molecule has 0 unspecified atom stereocenters. The van der Waals surface area contributed by atoms with E-state index in [1.165, 1.54) is 25.0 Å². The highest BCUT2D eigenvalue weighted by Crippen LogP contribution is 2.17. The molecule has 0 spiro atoms. The first-order valence-corrected chi connectivity index (χ1v) is 7.72. The van der Waals surface area contributed by atoms with Crippen LogP contribution in [0.15, 0.2) is 35.1 Å². The summed E-state index contributed by atoms with van der Waals surface area (Å²) in [6.07, 6.45) is 4.83. The summed E-state index contributed by atoms with van der Waals surface area (Å²) >= 11 is 0. The van der Waals surface area contributed by atoms with Gasteiger partial charge in [-0.25, -0.2) is 9.07 Å². The predicted octanol–water partition coefficient (Wildman–Crippen LogP) is 2.71. The largest absolute Gasteiger partial charge is 0.308 e. The molecule has 2 aromatic rings. The quantitative estimate of drug-likeness (QED) is 0.944. The van der Waals surface area contributed by atoms with Gasteiger partial charge in [0.05, 0.1) is 5.69 Å². The van der Waals surface area contributed by atoms with Gasteiger partial charge >= 0.3 is 0 Å². The fourth-order valence-corrected chi connectivity index (χ4v) is 2.92. The van der Waals surface area contributed by atoms with E-state index in [1.807, 2.05) is 6.92 Å². The van der Waals surface area contributed by atoms with E-state index in [2.05, 4.69) is 10.4 Å². The molecule has 0 amide bonds. The number of rotatable bonds is 4. The van der Waals surface area contributed by atoms with Gasteiger partial charge < -0.3 is 5.32 Å². The zero-order chi connectivity index (χ0) is 15.5. The van der Waals surface area contributed by atoms with Crippen LogP contribution in [0, 0.1) is 12.7 Å². The molecule has 116 valence electrons. The zero-order valence-electron chi connectivity index (χ0n) is 12.7. The second kappa shape index (κ2) is 6.40. The van der Waals surface area contributed by atoms with Gasteiger partial charge in [0.25, 0.3) is 0 Å². The molecule has 1 aliphatic carbocycles. The number of benzene rings is 1. The van der Waals surface area contributed by atoms with Gasteiger partial charge in [0.1, 0.15) is 11.5 Å². The molecule has 1 aliphatic rings. The lowest BCUT2D eigenvalue weighted by Crippen LogP contribution is -2.30. The fraction of sp³-hybridized carbons (Fsp3) is 0.412. The van der Waals surface area contributed by atoms with E-state index in [4.69, 9.17) is 0 Å². The maximum atomic E-state index is 13.1. The first-order valence-electron chi connectivity index (χ1n) is 7.72. The third-order valence-corrected chi connectivity index (χ3v) is 4.16. The van der Waals surface area contributed by atoms with E-state index in [9.17, 15) is 9.18 Å². The van der Waals surface area contributed by atoms with Crippen LogP contribution in [0.1, 0.15) is 37.1 Å². The molecular weight excluding hydrogens is 281 g/mol. The van der Waals surface area contributed by atoms with E-state index in [0.29, 0.717) is 18.3 Å². The summed E-state index contributed by atoms with van der Waals surface area (Å²) in [5.74, 6) is -0.287. The molecule has 0 atom stereocenters. The van der Waals surface area contributed by atoms with Gasteiger partial charge in [0.2, 0.25) is 5.43 Å². The molecule has 3 rings (SSSR count). The van der Waals surface area contributed by atoms with Crippen LogP contribution < -0.4 is 10.7 Å². The van der Waals surface area contributed by atoms with Crippen molar-refractivity contribution in [1.29, 1.82) is 0 Å². The minimum Gasteiger partial charge on any atom is -0.308 e. The van der Waals surface area contributed by atoms with Gasteiger partial charge in [0, 0.05) is 24.3 Å². The monoisotopic (exact) mass is 301 g/mol. The average molecular weight is 301 g/mol. The summed E-state index contributed by atoms with van der Waals surface area (Å²) in [7, 11) is 0. The van der Waals surface area contributed by atoms with Gasteiger partial charge in [-0.2, -0.15) is 5.10 Å². The van der Waals surface area contributed by atoms with Crippen molar-refractivity contribution in [2.24, 2.45) is 0 Å². The molecule has 0 aliphatic heterocycles. The van der Waals surface area contributed by atoms with Gasteiger partial charge in [0.15, 0.2) is 0 Å². The molecule has 5 heteroatoms. The Hall–Kier alpha value is -2.01. The zero-order valence-corrected chi connectivity index (χ0v) is 12.7. The Morgan fingerprint density at radius 1 is 1.27 bits per heavy atom. The number of aryl methyl sites for hydroxylation is 1. The van der Waals surface area contributed by atoms with Crippen LogP contribution in [0.2, 0.25) is 0 Å². The van der Waals surface area contributed by atoms with Crippen LogP contribution in [0.3, 0.4) is 0 Å². The Balaban J connectivity index is 1.85. The maximum absolute atomic E-state index is 13.1. The van der Waals surface area contributed by atoms with Crippen molar-refractivity contribution in [3.05, 3.63) is 57.8 Å². The van der Waals surface area contributed by atoms with Crippen LogP contribution in [0.5, 0.6) is 0 Å². The Morgan fingerprint density at radius 2 is 1.95 bits per heavy atom. The van der Waals surface area contributed by atoms with Crippen molar-refractivity contribution in [2.75, 3.05) is 0 Å². The van der Waals surface area contributed by atoms with Crippen molar-refractivity contribution in [1.82, 2.24) is 15.1 Å². The minimum absolute atomic E-state index is 0.0543. The summed E-state index contributed by atoms with van der Waals surface area (Å²) in [5.41, 5.74) is 1.94. The van der Waals surface area contributed by atoms with Gasteiger partial charge in [-0.1, -0.05) is 12.8 Å². The summed E-state index contributed by atoms with van der Waals surface area (Å²) in [6, 6.07) is 8.18. The summed E-state index contributed by atoms with van der Waals surface area (Å²) in [6.45, 7) is 2.30. The van der Waals surface area contributed by atoms with E-state index >= 15 is 0 Å². The second-order valence-corrected chi connectivity index (χ2v) is 5.85. The minimum atomic E-state index is -0.287. The van der Waals surface area contributed by atoms with Crippen LogP contribution in [0.25, 0.3) is 5.69 Å². The molecule has 0 radical (unpaired) electrons. The SMILES string of the molecule is Cc1cc(=O)c(CNC2CCCC2)nn1-c1ccc(F)cc1. The average Bonchev–Trinajstić information content (AvgIpc) is 3.01. The third kappa shape index (κ3) is 3.25. The fourth-order valence-electron chi connectivity index (χ4n) is 2.92. The molecule has 1 aromatic carbocycles. The van der Waals surface area contributed by atoms with E-state index in [1.54, 1.807) is 22.9 Å². The lowest BCUT2D eigenvalue weighted by molar-refractivity contribution is 0.512. The van der Waals surface area contributed by atoms with Crippen LogP contribution in [-0.2, 0) is 6.54 Å². The lowest BCUT2D eigenvalue weighted by atomic mass is 10.2. The molecule has 0 bridgehead atoms. The number of nitrogens with zero attached hydrogens (tertiary/aromatic N) is 2. The normalized spacial score (nSPS) is 15.4. The Morgan fingerprint density at radius 3 is 2.64 bits per heavy atom. The number of aromatic nitrogens is 2. The molecule has 1 N–H and O–H groups in total. The van der Waals surface area contributed by atoms with Gasteiger partial charge in [-0.05, 0) is 44.0 Å². The Labute approximate surface area is 129 Å². The molecule has 22 heavy (non-hydrogen) atoms. The van der Waals surface area contributed by atoms with E-state index < -0.39 is 0 Å². The Bertz CT molecular complexity index is 703. The first kappa shape index (κ1) is 14.9. The standard InChI is InChI=1S/C17H20FN3O/c1-12-10-17(22)16(11-19-14-4-2-3-5-14)20-21(12)15-8-6-13(18)7-9-15/h6-10,14,19H,2-5,11H2,1H3. The van der Waals surface area contributed by atoms with Crippen LogP contribution in [0.4, 0.5) is 4.39 Å².